The van der Waals surface area contributed by atoms with E-state index in [1.807, 2.05) is 45.0 Å². The highest BCUT2D eigenvalue weighted by molar-refractivity contribution is 6.31. The van der Waals surface area contributed by atoms with Gasteiger partial charge in [0.2, 0.25) is 5.89 Å². The fourth-order valence-corrected chi connectivity index (χ4v) is 2.60. The minimum Gasteiger partial charge on any atom is -0.357 e. The summed E-state index contributed by atoms with van der Waals surface area (Å²) < 4.78 is 5.25. The lowest BCUT2D eigenvalue weighted by molar-refractivity contribution is 0.372. The molecule has 0 saturated heterocycles. The van der Waals surface area contributed by atoms with Gasteiger partial charge in [0.15, 0.2) is 11.8 Å². The van der Waals surface area contributed by atoms with Crippen LogP contribution in [0, 0.1) is 0 Å². The number of nitrogens with one attached hydrogen (secondary N) is 2. The molecule has 25 heavy (non-hydrogen) atoms. The van der Waals surface area contributed by atoms with E-state index in [1.54, 1.807) is 0 Å². The van der Waals surface area contributed by atoms with Gasteiger partial charge >= 0.3 is 0 Å². The Morgan fingerprint density at radius 1 is 1.28 bits per heavy atom. The summed E-state index contributed by atoms with van der Waals surface area (Å²) in [6.45, 7) is 9.50. The molecule has 136 valence electrons. The van der Waals surface area contributed by atoms with Gasteiger partial charge in [0.1, 0.15) is 0 Å². The molecule has 1 heterocycles. The first-order valence-electron chi connectivity index (χ1n) is 8.63. The first-order valence-corrected chi connectivity index (χ1v) is 9.00. The third-order valence-corrected chi connectivity index (χ3v) is 4.01. The summed E-state index contributed by atoms with van der Waals surface area (Å²) in [5.74, 6) is 2.34. The minimum absolute atomic E-state index is 0.0439. The van der Waals surface area contributed by atoms with E-state index in [9.17, 15) is 0 Å². The smallest absolute Gasteiger partial charge is 0.228 e. The van der Waals surface area contributed by atoms with Crippen LogP contribution < -0.4 is 10.6 Å². The zero-order valence-electron chi connectivity index (χ0n) is 15.2. The van der Waals surface area contributed by atoms with Crippen LogP contribution in [0.25, 0.3) is 0 Å². The van der Waals surface area contributed by atoms with Crippen molar-refractivity contribution in [2.45, 2.75) is 46.1 Å². The van der Waals surface area contributed by atoms with Crippen LogP contribution in [0.1, 0.15) is 56.9 Å². The Hall–Kier alpha value is -2.08. The molecule has 7 heteroatoms. The number of aromatic nitrogens is 2. The van der Waals surface area contributed by atoms with Crippen molar-refractivity contribution in [3.05, 3.63) is 46.6 Å². The molecule has 0 aliphatic carbocycles. The van der Waals surface area contributed by atoms with Gasteiger partial charge in [0, 0.05) is 23.9 Å². The second-order valence-electron chi connectivity index (χ2n) is 6.10. The molecule has 2 N–H and O–H groups in total. The van der Waals surface area contributed by atoms with Gasteiger partial charge in [-0.2, -0.15) is 4.98 Å². The van der Waals surface area contributed by atoms with Crippen LogP contribution in [0.15, 0.2) is 33.8 Å². The van der Waals surface area contributed by atoms with Crippen molar-refractivity contribution in [1.82, 2.24) is 20.8 Å². The minimum atomic E-state index is 0.0439. The first-order chi connectivity index (χ1) is 12.0. The van der Waals surface area contributed by atoms with E-state index in [2.05, 4.69) is 32.7 Å². The summed E-state index contributed by atoms with van der Waals surface area (Å²) in [4.78, 5) is 8.95. The average Bonchev–Trinajstić information content (AvgIpc) is 3.04. The molecule has 1 unspecified atom stereocenters. The molecule has 6 nitrogen and oxygen atoms in total. The van der Waals surface area contributed by atoms with Crippen LogP contribution in [-0.4, -0.2) is 29.2 Å². The maximum absolute atomic E-state index is 6.26. The summed E-state index contributed by atoms with van der Waals surface area (Å²) in [6.07, 6.45) is 0.608. The summed E-state index contributed by atoms with van der Waals surface area (Å²) in [5.41, 5.74) is 1.04. The van der Waals surface area contributed by atoms with E-state index < -0.39 is 0 Å². The van der Waals surface area contributed by atoms with Crippen LogP contribution >= 0.6 is 11.6 Å². The molecule has 0 saturated carbocycles. The number of rotatable bonds is 7. The zero-order valence-corrected chi connectivity index (χ0v) is 16.0. The number of guanidine groups is 1. The molecule has 0 bridgehead atoms. The predicted octanol–water partition coefficient (Wildman–Crippen LogP) is 3.71. The molecule has 0 aliphatic heterocycles. The van der Waals surface area contributed by atoms with Gasteiger partial charge in [-0.1, -0.05) is 48.8 Å². The van der Waals surface area contributed by atoms with Gasteiger partial charge in [0.05, 0.1) is 12.6 Å². The number of nitrogens with zero attached hydrogens (tertiary/aromatic N) is 3. The van der Waals surface area contributed by atoms with Crippen molar-refractivity contribution in [2.75, 3.05) is 13.1 Å². The lowest BCUT2D eigenvalue weighted by Crippen LogP contribution is -2.39. The Balaban J connectivity index is 1.96. The quantitative estimate of drug-likeness (QED) is 0.579. The Bertz CT molecular complexity index is 698. The zero-order chi connectivity index (χ0) is 18.2. The Morgan fingerprint density at radius 3 is 2.68 bits per heavy atom. The van der Waals surface area contributed by atoms with Gasteiger partial charge < -0.3 is 15.2 Å². The number of benzene rings is 1. The van der Waals surface area contributed by atoms with Crippen LogP contribution in [0.3, 0.4) is 0 Å². The third-order valence-electron chi connectivity index (χ3n) is 3.66. The maximum atomic E-state index is 6.26. The average molecular weight is 364 g/mol. The molecule has 0 aliphatic rings. The maximum Gasteiger partial charge on any atom is 0.228 e. The largest absolute Gasteiger partial charge is 0.357 e. The molecule has 1 aromatic heterocycles. The topological polar surface area (TPSA) is 75.3 Å². The molecule has 2 aromatic rings. The Kier molecular flexibility index (Phi) is 7.25. The summed E-state index contributed by atoms with van der Waals surface area (Å²) in [5, 5.41) is 11.3. The van der Waals surface area contributed by atoms with Gasteiger partial charge in [0.25, 0.3) is 0 Å². The van der Waals surface area contributed by atoms with Crippen molar-refractivity contribution >= 4 is 17.6 Å². The van der Waals surface area contributed by atoms with Crippen LogP contribution in [0.5, 0.6) is 0 Å². The number of halogens is 1. The van der Waals surface area contributed by atoms with E-state index in [1.165, 1.54) is 0 Å². The van der Waals surface area contributed by atoms with Crippen LogP contribution in [0.2, 0.25) is 5.02 Å². The highest BCUT2D eigenvalue weighted by Gasteiger charge is 2.12. The van der Waals surface area contributed by atoms with Crippen molar-refractivity contribution in [3.63, 3.8) is 0 Å². The number of hydrogen-bond donors (Lipinski definition) is 2. The van der Waals surface area contributed by atoms with E-state index >= 15 is 0 Å². The number of aliphatic imine (C=N–C) groups is 1. The van der Waals surface area contributed by atoms with Crippen LogP contribution in [0.4, 0.5) is 0 Å². The van der Waals surface area contributed by atoms with E-state index in [4.69, 9.17) is 16.1 Å². The third kappa shape index (κ3) is 5.74. The highest BCUT2D eigenvalue weighted by Crippen LogP contribution is 2.21. The second kappa shape index (κ2) is 9.42. The van der Waals surface area contributed by atoms with E-state index in [-0.39, 0.29) is 12.0 Å². The molecular weight excluding hydrogens is 338 g/mol. The molecule has 0 radical (unpaired) electrons. The second-order valence-corrected chi connectivity index (χ2v) is 6.51. The number of hydrogen-bond acceptors (Lipinski definition) is 4. The summed E-state index contributed by atoms with van der Waals surface area (Å²) >= 11 is 6.26. The lowest BCUT2D eigenvalue weighted by atomic mass is 10.1. The molecule has 0 fully saturated rings. The van der Waals surface area contributed by atoms with Crippen LogP contribution in [-0.2, 0) is 6.42 Å². The monoisotopic (exact) mass is 363 g/mol. The predicted molar refractivity (Wildman–Crippen MR) is 101 cm³/mol. The van der Waals surface area contributed by atoms with Gasteiger partial charge in [-0.15, -0.1) is 0 Å². The van der Waals surface area contributed by atoms with Gasteiger partial charge in [-0.05, 0) is 25.5 Å². The first kappa shape index (κ1) is 19.2. The van der Waals surface area contributed by atoms with Gasteiger partial charge in [-0.3, -0.25) is 4.99 Å². The van der Waals surface area contributed by atoms with E-state index in [0.29, 0.717) is 18.9 Å². The highest BCUT2D eigenvalue weighted by atomic mass is 35.5. The SMILES string of the molecule is CCNC(=NCCc1nc(C(C)C)no1)NC(C)c1ccccc1Cl. The molecule has 0 amide bonds. The van der Waals surface area contributed by atoms with Crippen molar-refractivity contribution in [3.8, 4) is 0 Å². The summed E-state index contributed by atoms with van der Waals surface area (Å²) in [7, 11) is 0. The standard InChI is InChI=1S/C18H26ClN5O/c1-5-20-18(22-13(4)14-8-6-7-9-15(14)19)21-11-10-16-23-17(12(2)3)24-25-16/h6-9,12-13H,5,10-11H2,1-4H3,(H2,20,21,22). The Labute approximate surface area is 154 Å². The fraction of sp³-hybridized carbons (Fsp3) is 0.500. The fourth-order valence-electron chi connectivity index (χ4n) is 2.30. The molecule has 2 rings (SSSR count). The van der Waals surface area contributed by atoms with Crippen molar-refractivity contribution in [1.29, 1.82) is 0 Å². The van der Waals surface area contributed by atoms with Crippen molar-refractivity contribution in [2.24, 2.45) is 4.99 Å². The molecule has 0 spiro atoms. The lowest BCUT2D eigenvalue weighted by Gasteiger charge is -2.19. The molecular formula is C18H26ClN5O. The normalized spacial score (nSPS) is 13.1. The van der Waals surface area contributed by atoms with Crippen molar-refractivity contribution < 1.29 is 4.52 Å². The summed E-state index contributed by atoms with van der Waals surface area (Å²) in [6, 6.07) is 7.84. The van der Waals surface area contributed by atoms with Gasteiger partial charge in [-0.25, -0.2) is 0 Å². The van der Waals surface area contributed by atoms with E-state index in [0.717, 1.165) is 28.9 Å². The Morgan fingerprint density at radius 2 is 2.04 bits per heavy atom. The molecule has 1 atom stereocenters. The molecule has 1 aromatic carbocycles.